The van der Waals surface area contributed by atoms with Crippen LogP contribution in [0, 0.1) is 0 Å². The maximum absolute atomic E-state index is 12.1. The Morgan fingerprint density at radius 2 is 1.61 bits per heavy atom. The van der Waals surface area contributed by atoms with E-state index in [1.165, 1.54) is 0 Å². The molecule has 0 aliphatic heterocycles. The number of rotatable bonds is 9. The summed E-state index contributed by atoms with van der Waals surface area (Å²) >= 11 is 0. The zero-order valence-electron chi connectivity index (χ0n) is 11.1. The lowest BCUT2D eigenvalue weighted by Gasteiger charge is -2.20. The Bertz CT molecular complexity index is 332. The summed E-state index contributed by atoms with van der Waals surface area (Å²) in [6.45, 7) is 3.10. The first-order valence-corrected chi connectivity index (χ1v) is 6.06. The Morgan fingerprint density at radius 3 is 2.11 bits per heavy atom. The molecular weight excluding hydrogens is 230 g/mol. The number of carbonyl (C=O) groups is 1. The van der Waals surface area contributed by atoms with Crippen LogP contribution < -0.4 is 0 Å². The Kier molecular flexibility index (Phi) is 7.25. The van der Waals surface area contributed by atoms with Crippen LogP contribution in [0.25, 0.3) is 0 Å². The third kappa shape index (κ3) is 5.40. The summed E-state index contributed by atoms with van der Waals surface area (Å²) in [5.41, 5.74) is 0.748. The van der Waals surface area contributed by atoms with E-state index in [-0.39, 0.29) is 5.78 Å². The minimum Gasteiger partial charge on any atom is -0.383 e. The Balaban J connectivity index is 2.50. The van der Waals surface area contributed by atoms with E-state index >= 15 is 0 Å². The number of ether oxygens (including phenoxy) is 2. The van der Waals surface area contributed by atoms with E-state index in [1.54, 1.807) is 14.2 Å². The highest BCUT2D eigenvalue weighted by atomic mass is 16.5. The molecule has 0 aliphatic rings. The molecule has 0 unspecified atom stereocenters. The van der Waals surface area contributed by atoms with E-state index in [0.717, 1.165) is 18.7 Å². The fraction of sp³-hybridized carbons (Fsp3) is 0.500. The number of benzene rings is 1. The lowest BCUT2D eigenvalue weighted by Crippen LogP contribution is -2.35. The van der Waals surface area contributed by atoms with Crippen LogP contribution in [0.15, 0.2) is 30.3 Å². The van der Waals surface area contributed by atoms with Crippen molar-refractivity contribution in [1.82, 2.24) is 4.90 Å². The number of methoxy groups -OCH3 is 2. The number of nitrogens with zero attached hydrogens (tertiary/aromatic N) is 1. The average Bonchev–Trinajstić information content (AvgIpc) is 2.42. The molecule has 1 aromatic rings. The van der Waals surface area contributed by atoms with Gasteiger partial charge in [-0.05, 0) is 0 Å². The monoisotopic (exact) mass is 251 g/mol. The summed E-state index contributed by atoms with van der Waals surface area (Å²) in [6, 6.07) is 9.34. The maximum atomic E-state index is 12.1. The molecule has 1 rings (SSSR count). The molecule has 0 fully saturated rings. The van der Waals surface area contributed by atoms with E-state index in [2.05, 4.69) is 0 Å². The predicted octanol–water partition coefficient (Wildman–Crippen LogP) is 1.46. The van der Waals surface area contributed by atoms with E-state index in [1.807, 2.05) is 35.2 Å². The molecule has 0 heterocycles. The van der Waals surface area contributed by atoms with Crippen molar-refractivity contribution >= 4 is 5.78 Å². The molecule has 0 radical (unpaired) electrons. The summed E-state index contributed by atoms with van der Waals surface area (Å²) in [4.78, 5) is 14.1. The summed E-state index contributed by atoms with van der Waals surface area (Å²) in [7, 11) is 3.32. The molecular formula is C14H21NO3. The van der Waals surface area contributed by atoms with Crippen molar-refractivity contribution in [3.05, 3.63) is 35.9 Å². The quantitative estimate of drug-likeness (QED) is 0.623. The molecule has 100 valence electrons. The van der Waals surface area contributed by atoms with Crippen LogP contribution in [0.1, 0.15) is 10.4 Å². The van der Waals surface area contributed by atoms with Gasteiger partial charge >= 0.3 is 0 Å². The molecule has 18 heavy (non-hydrogen) atoms. The van der Waals surface area contributed by atoms with Gasteiger partial charge in [-0.25, -0.2) is 0 Å². The molecule has 0 atom stereocenters. The van der Waals surface area contributed by atoms with Crippen LogP contribution >= 0.6 is 0 Å². The average molecular weight is 251 g/mol. The Hall–Kier alpha value is -1.23. The second kappa shape index (κ2) is 8.80. The number of carbonyl (C=O) groups excluding carboxylic acids is 1. The van der Waals surface area contributed by atoms with Gasteiger partial charge in [-0.15, -0.1) is 0 Å². The second-order valence-corrected chi connectivity index (χ2v) is 4.05. The SMILES string of the molecule is COCCN(CCOC)CC(=O)c1ccccc1. The van der Waals surface area contributed by atoms with E-state index in [9.17, 15) is 4.79 Å². The normalized spacial score (nSPS) is 10.8. The maximum Gasteiger partial charge on any atom is 0.176 e. The Morgan fingerprint density at radius 1 is 1.06 bits per heavy atom. The molecule has 0 aromatic heterocycles. The van der Waals surface area contributed by atoms with Crippen LogP contribution in [0.4, 0.5) is 0 Å². The fourth-order valence-corrected chi connectivity index (χ4v) is 1.63. The summed E-state index contributed by atoms with van der Waals surface area (Å²) < 4.78 is 10.1. The van der Waals surface area contributed by atoms with Crippen molar-refractivity contribution in [3.63, 3.8) is 0 Å². The minimum absolute atomic E-state index is 0.128. The van der Waals surface area contributed by atoms with Crippen molar-refractivity contribution in [2.24, 2.45) is 0 Å². The van der Waals surface area contributed by atoms with Crippen molar-refractivity contribution in [3.8, 4) is 0 Å². The molecule has 0 N–H and O–H groups in total. The highest BCUT2D eigenvalue weighted by Gasteiger charge is 2.11. The molecule has 0 amide bonds. The lowest BCUT2D eigenvalue weighted by molar-refractivity contribution is 0.0837. The second-order valence-electron chi connectivity index (χ2n) is 4.05. The molecule has 0 spiro atoms. The summed E-state index contributed by atoms with van der Waals surface area (Å²) in [6.07, 6.45) is 0. The molecule has 0 aliphatic carbocycles. The van der Waals surface area contributed by atoms with Crippen molar-refractivity contribution in [2.75, 3.05) is 47.1 Å². The van der Waals surface area contributed by atoms with Crippen LogP contribution in [-0.2, 0) is 9.47 Å². The van der Waals surface area contributed by atoms with Crippen molar-refractivity contribution < 1.29 is 14.3 Å². The zero-order chi connectivity index (χ0) is 13.2. The highest BCUT2D eigenvalue weighted by Crippen LogP contribution is 2.02. The van der Waals surface area contributed by atoms with Gasteiger partial charge in [0, 0.05) is 32.9 Å². The van der Waals surface area contributed by atoms with E-state index in [0.29, 0.717) is 19.8 Å². The van der Waals surface area contributed by atoms with E-state index < -0.39 is 0 Å². The van der Waals surface area contributed by atoms with Crippen LogP contribution in [0.2, 0.25) is 0 Å². The van der Waals surface area contributed by atoms with Gasteiger partial charge in [0.1, 0.15) is 0 Å². The third-order valence-corrected chi connectivity index (χ3v) is 2.69. The van der Waals surface area contributed by atoms with Crippen LogP contribution in [0.5, 0.6) is 0 Å². The predicted molar refractivity (Wildman–Crippen MR) is 71.0 cm³/mol. The van der Waals surface area contributed by atoms with Crippen molar-refractivity contribution in [1.29, 1.82) is 0 Å². The van der Waals surface area contributed by atoms with Crippen molar-refractivity contribution in [2.45, 2.75) is 0 Å². The number of Topliss-reactive ketones (excluding diaryl/α,β-unsaturated/α-hetero) is 1. The van der Waals surface area contributed by atoms with Gasteiger partial charge in [-0.1, -0.05) is 30.3 Å². The van der Waals surface area contributed by atoms with Gasteiger partial charge in [0.25, 0.3) is 0 Å². The van der Waals surface area contributed by atoms with Gasteiger partial charge < -0.3 is 9.47 Å². The van der Waals surface area contributed by atoms with Gasteiger partial charge in [0.2, 0.25) is 0 Å². The van der Waals surface area contributed by atoms with Crippen LogP contribution in [-0.4, -0.2) is 57.8 Å². The van der Waals surface area contributed by atoms with E-state index in [4.69, 9.17) is 9.47 Å². The topological polar surface area (TPSA) is 38.8 Å². The number of hydrogen-bond acceptors (Lipinski definition) is 4. The van der Waals surface area contributed by atoms with Gasteiger partial charge in [-0.2, -0.15) is 0 Å². The Labute approximate surface area is 108 Å². The number of hydrogen-bond donors (Lipinski definition) is 0. The van der Waals surface area contributed by atoms with Gasteiger partial charge in [0.05, 0.1) is 19.8 Å². The number of ketones is 1. The first-order chi connectivity index (χ1) is 8.77. The third-order valence-electron chi connectivity index (χ3n) is 2.69. The molecule has 4 heteroatoms. The summed E-state index contributed by atoms with van der Waals surface area (Å²) in [5.74, 6) is 0.128. The largest absolute Gasteiger partial charge is 0.383 e. The molecule has 0 saturated heterocycles. The highest BCUT2D eigenvalue weighted by molar-refractivity contribution is 5.97. The van der Waals surface area contributed by atoms with Gasteiger partial charge in [-0.3, -0.25) is 9.69 Å². The first kappa shape index (κ1) is 14.8. The molecule has 0 saturated carbocycles. The zero-order valence-corrected chi connectivity index (χ0v) is 11.1. The fourth-order valence-electron chi connectivity index (χ4n) is 1.63. The molecule has 4 nitrogen and oxygen atoms in total. The molecule has 1 aromatic carbocycles. The van der Waals surface area contributed by atoms with Crippen LogP contribution in [0.3, 0.4) is 0 Å². The first-order valence-electron chi connectivity index (χ1n) is 6.06. The standard InChI is InChI=1S/C14H21NO3/c1-17-10-8-15(9-11-18-2)12-14(16)13-6-4-3-5-7-13/h3-7H,8-12H2,1-2H3. The van der Waals surface area contributed by atoms with Gasteiger partial charge in [0.15, 0.2) is 5.78 Å². The minimum atomic E-state index is 0.128. The smallest absolute Gasteiger partial charge is 0.176 e. The molecule has 0 bridgehead atoms. The summed E-state index contributed by atoms with van der Waals surface area (Å²) in [5, 5.41) is 0. The lowest BCUT2D eigenvalue weighted by atomic mass is 10.1.